The number of rotatable bonds is 34. The Bertz CT molecular complexity index is 819. The Labute approximate surface area is 294 Å². The van der Waals surface area contributed by atoms with Gasteiger partial charge in [-0.05, 0) is 77.4 Å². The predicted octanol–water partition coefficient (Wildman–Crippen LogP) is 9.70. The molecule has 0 N–H and O–H groups in total. The van der Waals surface area contributed by atoms with Crippen molar-refractivity contribution in [3.8, 4) is 0 Å². The topological polar surface area (TPSA) is 93.2 Å². The van der Waals surface area contributed by atoms with Crippen LogP contribution in [0.15, 0.2) is 0 Å². The number of nitrogens with zero attached hydrogens (tertiary/aromatic N) is 2. The number of imide groups is 1. The second-order valence-corrected chi connectivity index (χ2v) is 14.1. The third kappa shape index (κ3) is 24.2. The molecule has 0 aliphatic carbocycles. The van der Waals surface area contributed by atoms with Crippen molar-refractivity contribution in [2.75, 3.05) is 32.8 Å². The fourth-order valence-electron chi connectivity index (χ4n) is 6.45. The number of carbonyl (C=O) groups excluding carboxylic acids is 4. The van der Waals surface area contributed by atoms with E-state index in [9.17, 15) is 19.2 Å². The standard InChI is InChI=1S/C40H74N2O6/c1-4-7-10-17-23-35-47-39(45)27-19-13-11-15-21-31-41(33-24-34-42-37(43)29-30-38(42)44)32-22-16-12-14-20-28-40(46)48-36(25-9-6-3)26-18-8-5-2/h36H,4-35H2,1-3H3. The zero-order valence-electron chi connectivity index (χ0n) is 31.5. The molecule has 0 aromatic heterocycles. The quantitative estimate of drug-likeness (QED) is 0.0380. The minimum absolute atomic E-state index is 0.0261. The van der Waals surface area contributed by atoms with Gasteiger partial charge in [-0.2, -0.15) is 0 Å². The predicted molar refractivity (Wildman–Crippen MR) is 196 cm³/mol. The van der Waals surface area contributed by atoms with Gasteiger partial charge < -0.3 is 14.4 Å². The summed E-state index contributed by atoms with van der Waals surface area (Å²) in [6, 6.07) is 0. The second-order valence-electron chi connectivity index (χ2n) is 14.1. The number of unbranched alkanes of at least 4 members (excludes halogenated alkanes) is 15. The molecule has 1 atom stereocenters. The summed E-state index contributed by atoms with van der Waals surface area (Å²) in [5.41, 5.74) is 0. The molecule has 1 saturated heterocycles. The van der Waals surface area contributed by atoms with Gasteiger partial charge in [0, 0.05) is 32.2 Å². The molecule has 0 aromatic rings. The Morgan fingerprint density at radius 3 is 1.69 bits per heavy atom. The van der Waals surface area contributed by atoms with Crippen LogP contribution in [-0.4, -0.2) is 72.4 Å². The van der Waals surface area contributed by atoms with E-state index in [1.165, 1.54) is 37.0 Å². The molecule has 1 fully saturated rings. The Morgan fingerprint density at radius 1 is 0.583 bits per heavy atom. The van der Waals surface area contributed by atoms with Gasteiger partial charge in [0.25, 0.3) is 0 Å². The van der Waals surface area contributed by atoms with E-state index in [-0.39, 0.29) is 29.9 Å². The highest BCUT2D eigenvalue weighted by Gasteiger charge is 2.28. The van der Waals surface area contributed by atoms with Crippen molar-refractivity contribution >= 4 is 23.8 Å². The highest BCUT2D eigenvalue weighted by Crippen LogP contribution is 2.17. The molecule has 280 valence electrons. The van der Waals surface area contributed by atoms with Gasteiger partial charge in [0.15, 0.2) is 0 Å². The maximum absolute atomic E-state index is 12.5. The molecule has 1 unspecified atom stereocenters. The highest BCUT2D eigenvalue weighted by molar-refractivity contribution is 6.01. The van der Waals surface area contributed by atoms with Crippen LogP contribution in [-0.2, 0) is 28.7 Å². The SMILES string of the molecule is CCCCCCCOC(=O)CCCCCCCN(CCCCCCCC(=O)OC(CCCC)CCCCC)CCCN1C(=O)CCC1=O. The second kappa shape index (κ2) is 31.1. The van der Waals surface area contributed by atoms with E-state index in [1.54, 1.807) is 0 Å². The lowest BCUT2D eigenvalue weighted by Gasteiger charge is -2.23. The fourth-order valence-corrected chi connectivity index (χ4v) is 6.45. The average molecular weight is 679 g/mol. The van der Waals surface area contributed by atoms with Gasteiger partial charge in [0.1, 0.15) is 6.10 Å². The molecule has 0 radical (unpaired) electrons. The van der Waals surface area contributed by atoms with Crippen LogP contribution in [0, 0.1) is 0 Å². The molecule has 48 heavy (non-hydrogen) atoms. The lowest BCUT2D eigenvalue weighted by molar-refractivity contribution is -0.150. The normalized spacial score (nSPS) is 13.9. The lowest BCUT2D eigenvalue weighted by Crippen LogP contribution is -2.34. The molecule has 0 saturated carbocycles. The van der Waals surface area contributed by atoms with Crippen molar-refractivity contribution in [1.29, 1.82) is 0 Å². The third-order valence-electron chi connectivity index (χ3n) is 9.54. The number of likely N-dealkylation sites (tertiary alicyclic amines) is 1. The number of esters is 2. The van der Waals surface area contributed by atoms with Crippen molar-refractivity contribution < 1.29 is 28.7 Å². The monoisotopic (exact) mass is 679 g/mol. The van der Waals surface area contributed by atoms with Crippen molar-refractivity contribution in [2.24, 2.45) is 0 Å². The lowest BCUT2D eigenvalue weighted by atomic mass is 10.1. The summed E-state index contributed by atoms with van der Waals surface area (Å²) in [4.78, 5) is 52.4. The molecule has 0 aromatic carbocycles. The van der Waals surface area contributed by atoms with Crippen molar-refractivity contribution in [1.82, 2.24) is 9.80 Å². The van der Waals surface area contributed by atoms with E-state index in [0.717, 1.165) is 135 Å². The van der Waals surface area contributed by atoms with Crippen LogP contribution in [0.1, 0.15) is 194 Å². The minimum Gasteiger partial charge on any atom is -0.466 e. The molecule has 1 aliphatic rings. The zero-order chi connectivity index (χ0) is 35.1. The number of hydrogen-bond acceptors (Lipinski definition) is 7. The van der Waals surface area contributed by atoms with Crippen LogP contribution in [0.2, 0.25) is 0 Å². The average Bonchev–Trinajstić information content (AvgIpc) is 3.39. The van der Waals surface area contributed by atoms with Crippen LogP contribution in [0.4, 0.5) is 0 Å². The first-order chi connectivity index (χ1) is 23.4. The molecular weight excluding hydrogens is 604 g/mol. The summed E-state index contributed by atoms with van der Waals surface area (Å²) in [7, 11) is 0. The fraction of sp³-hybridized carbons (Fsp3) is 0.900. The minimum atomic E-state index is -0.0552. The van der Waals surface area contributed by atoms with Crippen LogP contribution < -0.4 is 0 Å². The first-order valence-corrected chi connectivity index (χ1v) is 20.3. The molecule has 1 rings (SSSR count). The zero-order valence-corrected chi connectivity index (χ0v) is 31.5. The number of carbonyl (C=O) groups is 4. The Balaban J connectivity index is 2.26. The summed E-state index contributed by atoms with van der Waals surface area (Å²) >= 11 is 0. The van der Waals surface area contributed by atoms with Crippen molar-refractivity contribution in [3.63, 3.8) is 0 Å². The molecule has 1 aliphatic heterocycles. The Kier molecular flexibility index (Phi) is 28.5. The first-order valence-electron chi connectivity index (χ1n) is 20.3. The summed E-state index contributed by atoms with van der Waals surface area (Å²) in [6.07, 6.45) is 26.9. The highest BCUT2D eigenvalue weighted by atomic mass is 16.5. The van der Waals surface area contributed by atoms with Crippen molar-refractivity contribution in [2.45, 2.75) is 200 Å². The van der Waals surface area contributed by atoms with Crippen LogP contribution >= 0.6 is 0 Å². The summed E-state index contributed by atoms with van der Waals surface area (Å²) in [5, 5.41) is 0. The molecule has 0 spiro atoms. The number of amides is 2. The van der Waals surface area contributed by atoms with Gasteiger partial charge in [-0.25, -0.2) is 0 Å². The van der Waals surface area contributed by atoms with E-state index < -0.39 is 0 Å². The Hall–Kier alpha value is -1.96. The number of ether oxygens (including phenoxy) is 2. The van der Waals surface area contributed by atoms with Crippen molar-refractivity contribution in [3.05, 3.63) is 0 Å². The van der Waals surface area contributed by atoms with Crippen LogP contribution in [0.25, 0.3) is 0 Å². The molecule has 8 nitrogen and oxygen atoms in total. The maximum atomic E-state index is 12.5. The van der Waals surface area contributed by atoms with E-state index >= 15 is 0 Å². The van der Waals surface area contributed by atoms with Crippen LogP contribution in [0.3, 0.4) is 0 Å². The molecule has 2 amide bonds. The number of hydrogen-bond donors (Lipinski definition) is 0. The van der Waals surface area contributed by atoms with Gasteiger partial charge in [-0.1, -0.05) is 111 Å². The van der Waals surface area contributed by atoms with E-state index in [0.29, 0.717) is 38.8 Å². The van der Waals surface area contributed by atoms with Gasteiger partial charge in [0.2, 0.25) is 11.8 Å². The summed E-state index contributed by atoms with van der Waals surface area (Å²) in [6.45, 7) is 10.6. The first kappa shape index (κ1) is 44.1. The third-order valence-corrected chi connectivity index (χ3v) is 9.54. The van der Waals surface area contributed by atoms with E-state index in [2.05, 4.69) is 25.7 Å². The molecule has 0 bridgehead atoms. The molecule has 8 heteroatoms. The van der Waals surface area contributed by atoms with Gasteiger partial charge in [-0.3, -0.25) is 24.1 Å². The smallest absolute Gasteiger partial charge is 0.306 e. The van der Waals surface area contributed by atoms with E-state index in [1.807, 2.05) is 0 Å². The Morgan fingerprint density at radius 2 is 1.06 bits per heavy atom. The maximum Gasteiger partial charge on any atom is 0.306 e. The van der Waals surface area contributed by atoms with Gasteiger partial charge >= 0.3 is 11.9 Å². The van der Waals surface area contributed by atoms with Gasteiger partial charge in [-0.15, -0.1) is 0 Å². The van der Waals surface area contributed by atoms with E-state index in [4.69, 9.17) is 9.47 Å². The summed E-state index contributed by atoms with van der Waals surface area (Å²) < 4.78 is 11.2. The largest absolute Gasteiger partial charge is 0.466 e. The molecular formula is C40H74N2O6. The molecule has 1 heterocycles. The van der Waals surface area contributed by atoms with Crippen LogP contribution in [0.5, 0.6) is 0 Å². The van der Waals surface area contributed by atoms with Gasteiger partial charge in [0.05, 0.1) is 6.61 Å². The summed E-state index contributed by atoms with van der Waals surface area (Å²) in [5.74, 6) is -0.138.